The molecule has 3 N–H and O–H groups in total. The number of nitrogens with one attached hydrogen (secondary N) is 3. The number of carbonyl (C=O) groups excluding carboxylic acids is 2. The fourth-order valence-electron chi connectivity index (χ4n) is 2.57. The van der Waals surface area contributed by atoms with Gasteiger partial charge in [0.1, 0.15) is 11.8 Å². The molecule has 0 saturated heterocycles. The lowest BCUT2D eigenvalue weighted by atomic mass is 10.1. The minimum absolute atomic E-state index is 0.0386. The van der Waals surface area contributed by atoms with Crippen LogP contribution in [0.2, 0.25) is 0 Å². The summed E-state index contributed by atoms with van der Waals surface area (Å²) < 4.78 is 93.3. The number of hydrogen-bond donors (Lipinski definition) is 3. The lowest BCUT2D eigenvalue weighted by Crippen LogP contribution is -2.40. The first-order valence-corrected chi connectivity index (χ1v) is 10.6. The first-order valence-electron chi connectivity index (χ1n) is 9.14. The van der Waals surface area contributed by atoms with E-state index in [4.69, 9.17) is 0 Å². The number of hydrogen-bond acceptors (Lipinski definition) is 5. The molecule has 33 heavy (non-hydrogen) atoms. The van der Waals surface area contributed by atoms with Crippen LogP contribution < -0.4 is 20.1 Å². The molecule has 8 nitrogen and oxygen atoms in total. The summed E-state index contributed by atoms with van der Waals surface area (Å²) >= 11 is 0. The van der Waals surface area contributed by atoms with Crippen molar-refractivity contribution in [2.75, 3.05) is 13.6 Å². The highest BCUT2D eigenvalue weighted by molar-refractivity contribution is 7.89. The molecule has 0 heterocycles. The van der Waals surface area contributed by atoms with Gasteiger partial charge in [0, 0.05) is 20.0 Å². The van der Waals surface area contributed by atoms with Crippen molar-refractivity contribution in [3.63, 3.8) is 0 Å². The number of ether oxygens (including phenoxy) is 1. The molecule has 0 bridgehead atoms. The maximum Gasteiger partial charge on any atom is 0.573 e. The van der Waals surface area contributed by atoms with Gasteiger partial charge in [-0.2, -0.15) is 0 Å². The maximum absolute atomic E-state index is 13.5. The van der Waals surface area contributed by atoms with Crippen molar-refractivity contribution < 1.29 is 44.7 Å². The first kappa shape index (κ1) is 26.0. The second kappa shape index (κ2) is 10.6. The van der Waals surface area contributed by atoms with Crippen LogP contribution in [0.25, 0.3) is 0 Å². The highest BCUT2D eigenvalue weighted by atomic mass is 32.2. The smallest absolute Gasteiger partial charge is 0.406 e. The highest BCUT2D eigenvalue weighted by Gasteiger charge is 2.31. The van der Waals surface area contributed by atoms with Gasteiger partial charge < -0.3 is 15.4 Å². The van der Waals surface area contributed by atoms with E-state index in [0.717, 1.165) is 42.5 Å². The molecular weight excluding hydrogens is 477 g/mol. The Balaban J connectivity index is 1.98. The van der Waals surface area contributed by atoms with E-state index in [2.05, 4.69) is 20.1 Å². The van der Waals surface area contributed by atoms with Gasteiger partial charge in [-0.3, -0.25) is 9.59 Å². The van der Waals surface area contributed by atoms with Crippen LogP contribution in [0.1, 0.15) is 18.0 Å². The summed E-state index contributed by atoms with van der Waals surface area (Å²) in [7, 11) is -2.90. The van der Waals surface area contributed by atoms with Crippen LogP contribution in [-0.2, 0) is 19.6 Å². The SMILES string of the molecule is CNC(=O)C(NC(=O)CCNS(=O)(=O)c1ccc(OC(F)(F)F)cc1)c1ccc(F)c(F)c1. The number of halogens is 5. The van der Waals surface area contributed by atoms with Gasteiger partial charge in [0.2, 0.25) is 21.8 Å². The lowest BCUT2D eigenvalue weighted by molar-refractivity contribution is -0.274. The fraction of sp³-hybridized carbons (Fsp3) is 0.263. The van der Waals surface area contributed by atoms with Gasteiger partial charge in [-0.25, -0.2) is 21.9 Å². The Morgan fingerprint density at radius 1 is 1.03 bits per heavy atom. The van der Waals surface area contributed by atoms with E-state index in [0.29, 0.717) is 0 Å². The summed E-state index contributed by atoms with van der Waals surface area (Å²) in [6.45, 7) is -0.423. The molecular formula is C19H18F5N3O5S. The maximum atomic E-state index is 13.5. The summed E-state index contributed by atoms with van der Waals surface area (Å²) in [6.07, 6.45) is -5.37. The van der Waals surface area contributed by atoms with Crippen LogP contribution in [0.3, 0.4) is 0 Å². The number of benzene rings is 2. The van der Waals surface area contributed by atoms with E-state index >= 15 is 0 Å². The van der Waals surface area contributed by atoms with Gasteiger partial charge in [0.25, 0.3) is 0 Å². The first-order chi connectivity index (χ1) is 15.3. The van der Waals surface area contributed by atoms with Gasteiger partial charge in [-0.15, -0.1) is 13.2 Å². The van der Waals surface area contributed by atoms with Gasteiger partial charge in [-0.1, -0.05) is 6.07 Å². The summed E-state index contributed by atoms with van der Waals surface area (Å²) in [6, 6.07) is 4.65. The molecule has 2 amide bonds. The van der Waals surface area contributed by atoms with E-state index in [-0.39, 0.29) is 10.5 Å². The average molecular weight is 495 g/mol. The number of carbonyl (C=O) groups is 2. The van der Waals surface area contributed by atoms with Crippen molar-refractivity contribution in [3.05, 3.63) is 59.7 Å². The Morgan fingerprint density at radius 2 is 1.67 bits per heavy atom. The summed E-state index contributed by atoms with van der Waals surface area (Å²) in [5.74, 6) is -4.50. The number of alkyl halides is 3. The zero-order chi connectivity index (χ0) is 24.8. The molecule has 180 valence electrons. The molecule has 1 unspecified atom stereocenters. The Kier molecular flexibility index (Phi) is 8.33. The van der Waals surface area contributed by atoms with Crippen LogP contribution >= 0.6 is 0 Å². The molecule has 0 aliphatic carbocycles. The molecule has 0 aliphatic heterocycles. The Labute approximate surface area is 185 Å². The van der Waals surface area contributed by atoms with E-state index in [1.807, 2.05) is 0 Å². The van der Waals surface area contributed by atoms with Crippen molar-refractivity contribution in [1.29, 1.82) is 0 Å². The molecule has 0 spiro atoms. The second-order valence-electron chi connectivity index (χ2n) is 6.46. The van der Waals surface area contributed by atoms with Crippen LogP contribution in [0, 0.1) is 11.6 Å². The molecule has 0 radical (unpaired) electrons. The Morgan fingerprint density at radius 3 is 2.21 bits per heavy atom. The minimum atomic E-state index is -4.93. The van der Waals surface area contributed by atoms with Crippen LogP contribution in [-0.4, -0.2) is 40.2 Å². The Bertz CT molecular complexity index is 1110. The minimum Gasteiger partial charge on any atom is -0.406 e. The van der Waals surface area contributed by atoms with E-state index in [1.54, 1.807) is 0 Å². The predicted molar refractivity (Wildman–Crippen MR) is 104 cm³/mol. The molecule has 0 saturated carbocycles. The number of sulfonamides is 1. The second-order valence-corrected chi connectivity index (χ2v) is 8.22. The molecule has 0 fully saturated rings. The van der Waals surface area contributed by atoms with Crippen LogP contribution in [0.15, 0.2) is 47.4 Å². The number of amides is 2. The largest absolute Gasteiger partial charge is 0.573 e. The molecule has 2 aromatic carbocycles. The fourth-order valence-corrected chi connectivity index (χ4v) is 3.60. The zero-order valence-corrected chi connectivity index (χ0v) is 17.7. The molecule has 0 aliphatic rings. The van der Waals surface area contributed by atoms with Crippen molar-refractivity contribution >= 4 is 21.8 Å². The van der Waals surface area contributed by atoms with Crippen molar-refractivity contribution in [1.82, 2.24) is 15.4 Å². The molecule has 14 heteroatoms. The average Bonchev–Trinajstić information content (AvgIpc) is 2.72. The van der Waals surface area contributed by atoms with Gasteiger partial charge in [0.15, 0.2) is 11.6 Å². The summed E-state index contributed by atoms with van der Waals surface area (Å²) in [4.78, 5) is 23.9. The topological polar surface area (TPSA) is 114 Å². The normalized spacial score (nSPS) is 12.7. The third-order valence-electron chi connectivity index (χ3n) is 4.10. The van der Waals surface area contributed by atoms with E-state index < -0.39 is 64.6 Å². The molecule has 2 aromatic rings. The monoisotopic (exact) mass is 495 g/mol. The van der Waals surface area contributed by atoms with Crippen LogP contribution in [0.4, 0.5) is 22.0 Å². The number of likely N-dealkylation sites (N-methyl/N-ethyl adjacent to an activating group) is 1. The van der Waals surface area contributed by atoms with Crippen molar-refractivity contribution in [2.45, 2.75) is 23.7 Å². The third kappa shape index (κ3) is 7.68. The van der Waals surface area contributed by atoms with Crippen molar-refractivity contribution in [3.8, 4) is 5.75 Å². The number of rotatable bonds is 9. The van der Waals surface area contributed by atoms with Crippen LogP contribution in [0.5, 0.6) is 5.75 Å². The van der Waals surface area contributed by atoms with Gasteiger partial charge >= 0.3 is 6.36 Å². The van der Waals surface area contributed by atoms with E-state index in [9.17, 15) is 40.0 Å². The van der Waals surface area contributed by atoms with Gasteiger partial charge in [0.05, 0.1) is 4.90 Å². The molecule has 0 aromatic heterocycles. The zero-order valence-electron chi connectivity index (χ0n) is 16.9. The molecule has 2 rings (SSSR count). The standard InChI is InChI=1S/C19H18F5N3O5S/c1-25-18(29)17(11-2-7-14(20)15(21)10-11)27-16(28)8-9-26-33(30,31)13-5-3-12(4-6-13)32-19(22,23)24/h2-7,10,17,26H,8-9H2,1H3,(H,25,29)(H,27,28). The third-order valence-corrected chi connectivity index (χ3v) is 5.58. The molecule has 1 atom stereocenters. The Hall–Kier alpha value is -3.26. The van der Waals surface area contributed by atoms with Crippen molar-refractivity contribution in [2.24, 2.45) is 0 Å². The summed E-state index contributed by atoms with van der Waals surface area (Å²) in [5, 5.41) is 4.55. The quantitative estimate of drug-likeness (QED) is 0.462. The summed E-state index contributed by atoms with van der Waals surface area (Å²) in [5.41, 5.74) is -0.0386. The van der Waals surface area contributed by atoms with E-state index in [1.165, 1.54) is 7.05 Å². The predicted octanol–water partition coefficient (Wildman–Crippen LogP) is 2.14. The lowest BCUT2D eigenvalue weighted by Gasteiger charge is -2.18. The highest BCUT2D eigenvalue weighted by Crippen LogP contribution is 2.24. The van der Waals surface area contributed by atoms with Gasteiger partial charge in [-0.05, 0) is 42.0 Å².